The summed E-state index contributed by atoms with van der Waals surface area (Å²) in [6.45, 7) is 1.51. The molecule has 0 radical (unpaired) electrons. The van der Waals surface area contributed by atoms with Gasteiger partial charge in [0.2, 0.25) is 5.91 Å². The Morgan fingerprint density at radius 3 is 2.46 bits per heavy atom. The molecule has 120 valence electrons. The van der Waals surface area contributed by atoms with Gasteiger partial charge in [-0.15, -0.1) is 0 Å². The van der Waals surface area contributed by atoms with E-state index >= 15 is 0 Å². The minimum absolute atomic E-state index is 0.108. The Morgan fingerprint density at radius 1 is 1.12 bits per heavy atom. The number of halogens is 1. The lowest BCUT2D eigenvalue weighted by atomic mass is 10.2. The van der Waals surface area contributed by atoms with Gasteiger partial charge in [0.15, 0.2) is 0 Å². The van der Waals surface area contributed by atoms with Crippen LogP contribution in [0.5, 0.6) is 0 Å². The van der Waals surface area contributed by atoms with Crippen molar-refractivity contribution in [2.75, 3.05) is 19.0 Å². The van der Waals surface area contributed by atoms with Gasteiger partial charge in [0.1, 0.15) is 15.9 Å². The summed E-state index contributed by atoms with van der Waals surface area (Å²) in [5.41, 5.74) is 3.27. The van der Waals surface area contributed by atoms with Gasteiger partial charge in [-0.05, 0) is 64.3 Å². The van der Waals surface area contributed by atoms with Gasteiger partial charge in [-0.2, -0.15) is 0 Å². The Hall–Kier alpha value is -2.58. The normalized spacial score (nSPS) is 10.3. The SMILES string of the molecule is CC(=O)n1c(C#Cc2ccc(N(C)C)cc2)cc2ccc(Br)nc21. The predicted octanol–water partition coefficient (Wildman–Crippen LogP) is 3.92. The first kappa shape index (κ1) is 16.3. The first-order valence-electron chi connectivity index (χ1n) is 7.44. The molecule has 3 rings (SSSR count). The summed E-state index contributed by atoms with van der Waals surface area (Å²) in [6, 6.07) is 13.6. The number of rotatable bonds is 1. The smallest absolute Gasteiger partial charge is 0.230 e. The number of nitrogens with zero attached hydrogens (tertiary/aromatic N) is 3. The fourth-order valence-corrected chi connectivity index (χ4v) is 2.74. The largest absolute Gasteiger partial charge is 0.378 e. The van der Waals surface area contributed by atoms with Crippen molar-refractivity contribution in [2.45, 2.75) is 6.92 Å². The first-order valence-corrected chi connectivity index (χ1v) is 8.23. The van der Waals surface area contributed by atoms with Crippen LogP contribution in [0.25, 0.3) is 11.0 Å². The number of benzene rings is 1. The monoisotopic (exact) mass is 381 g/mol. The molecule has 1 aromatic carbocycles. The van der Waals surface area contributed by atoms with Crippen LogP contribution >= 0.6 is 15.9 Å². The van der Waals surface area contributed by atoms with Gasteiger partial charge in [-0.3, -0.25) is 9.36 Å². The van der Waals surface area contributed by atoms with E-state index in [-0.39, 0.29) is 5.91 Å². The molecule has 3 aromatic rings. The zero-order valence-electron chi connectivity index (χ0n) is 13.7. The molecule has 0 N–H and O–H groups in total. The minimum atomic E-state index is -0.108. The molecule has 0 aliphatic heterocycles. The molecule has 0 unspecified atom stereocenters. The van der Waals surface area contributed by atoms with Crippen LogP contribution in [-0.2, 0) is 0 Å². The fourth-order valence-electron chi connectivity index (χ4n) is 2.44. The summed E-state index contributed by atoms with van der Waals surface area (Å²) in [5.74, 6) is 6.10. The van der Waals surface area contributed by atoms with E-state index in [9.17, 15) is 4.79 Å². The van der Waals surface area contributed by atoms with Crippen LogP contribution < -0.4 is 4.90 Å². The molecular weight excluding hydrogens is 366 g/mol. The lowest BCUT2D eigenvalue weighted by molar-refractivity contribution is 0.0940. The van der Waals surface area contributed by atoms with E-state index in [4.69, 9.17) is 0 Å². The molecule has 0 saturated carbocycles. The molecule has 0 aliphatic carbocycles. The summed E-state index contributed by atoms with van der Waals surface area (Å²) in [5, 5.41) is 0.889. The molecule has 0 aliphatic rings. The number of anilines is 1. The van der Waals surface area contributed by atoms with Crippen LogP contribution in [0.4, 0.5) is 5.69 Å². The Balaban J connectivity index is 2.04. The predicted molar refractivity (Wildman–Crippen MR) is 100 cm³/mol. The number of fused-ring (bicyclic) bond motifs is 1. The van der Waals surface area contributed by atoms with Crippen molar-refractivity contribution in [2.24, 2.45) is 0 Å². The van der Waals surface area contributed by atoms with Crippen LogP contribution in [0.1, 0.15) is 23.0 Å². The van der Waals surface area contributed by atoms with Gasteiger partial charge in [-0.25, -0.2) is 4.98 Å². The molecule has 0 saturated heterocycles. The maximum atomic E-state index is 12.0. The second-order valence-corrected chi connectivity index (χ2v) is 6.43. The van der Waals surface area contributed by atoms with Crippen molar-refractivity contribution in [3.05, 3.63) is 58.3 Å². The number of aromatic nitrogens is 2. The molecule has 0 spiro atoms. The third-order valence-electron chi connectivity index (χ3n) is 3.65. The van der Waals surface area contributed by atoms with E-state index in [0.717, 1.165) is 16.6 Å². The lowest BCUT2D eigenvalue weighted by Gasteiger charge is -2.11. The van der Waals surface area contributed by atoms with Crippen LogP contribution in [0.15, 0.2) is 47.1 Å². The number of carbonyl (C=O) groups excluding carboxylic acids is 1. The average Bonchev–Trinajstić information content (AvgIpc) is 2.91. The third kappa shape index (κ3) is 3.19. The first-order chi connectivity index (χ1) is 11.5. The van der Waals surface area contributed by atoms with Gasteiger partial charge < -0.3 is 4.90 Å². The topological polar surface area (TPSA) is 38.1 Å². The standard InChI is InChI=1S/C19H16BrN3O/c1-13(24)23-17(12-15-7-11-18(20)21-19(15)23)10-6-14-4-8-16(9-5-14)22(2)3/h4-5,7-9,11-12H,1-3H3. The van der Waals surface area contributed by atoms with Gasteiger partial charge in [0, 0.05) is 37.7 Å². The van der Waals surface area contributed by atoms with Gasteiger partial charge >= 0.3 is 0 Å². The van der Waals surface area contributed by atoms with Gasteiger partial charge in [0.05, 0.1) is 0 Å². The lowest BCUT2D eigenvalue weighted by Crippen LogP contribution is -2.08. The van der Waals surface area contributed by atoms with E-state index in [1.54, 1.807) is 4.57 Å². The maximum absolute atomic E-state index is 12.0. The highest BCUT2D eigenvalue weighted by atomic mass is 79.9. The molecule has 0 amide bonds. The van der Waals surface area contributed by atoms with Crippen LogP contribution in [0.3, 0.4) is 0 Å². The highest BCUT2D eigenvalue weighted by Gasteiger charge is 2.12. The van der Waals surface area contributed by atoms with E-state index in [1.165, 1.54) is 6.92 Å². The van der Waals surface area contributed by atoms with E-state index in [2.05, 4.69) is 32.8 Å². The number of hydrogen-bond acceptors (Lipinski definition) is 3. The summed E-state index contributed by atoms with van der Waals surface area (Å²) in [6.07, 6.45) is 0. The molecule has 2 heterocycles. The highest BCUT2D eigenvalue weighted by Crippen LogP contribution is 2.20. The second-order valence-electron chi connectivity index (χ2n) is 5.62. The summed E-state index contributed by atoms with van der Waals surface area (Å²) in [7, 11) is 3.99. The zero-order valence-corrected chi connectivity index (χ0v) is 15.3. The Bertz CT molecular complexity index is 975. The van der Waals surface area contributed by atoms with E-state index < -0.39 is 0 Å². The van der Waals surface area contributed by atoms with Crippen molar-refractivity contribution in [3.63, 3.8) is 0 Å². The second kappa shape index (κ2) is 6.50. The quantitative estimate of drug-likeness (QED) is 0.473. The highest BCUT2D eigenvalue weighted by molar-refractivity contribution is 9.10. The number of pyridine rings is 1. The van der Waals surface area contributed by atoms with Crippen molar-refractivity contribution in [1.29, 1.82) is 0 Å². The van der Waals surface area contributed by atoms with Gasteiger partial charge in [-0.1, -0.05) is 5.92 Å². The molecular formula is C19H16BrN3O. The van der Waals surface area contributed by atoms with Gasteiger partial charge in [0.25, 0.3) is 0 Å². The van der Waals surface area contributed by atoms with E-state index in [0.29, 0.717) is 15.9 Å². The van der Waals surface area contributed by atoms with Crippen LogP contribution in [-0.4, -0.2) is 29.6 Å². The maximum Gasteiger partial charge on any atom is 0.230 e. The Labute approximate surface area is 149 Å². The Kier molecular flexibility index (Phi) is 4.41. The minimum Gasteiger partial charge on any atom is -0.378 e. The Morgan fingerprint density at radius 2 is 1.83 bits per heavy atom. The van der Waals surface area contributed by atoms with Crippen molar-refractivity contribution in [3.8, 4) is 11.8 Å². The summed E-state index contributed by atoms with van der Waals surface area (Å²) < 4.78 is 2.23. The third-order valence-corrected chi connectivity index (χ3v) is 4.09. The number of hydrogen-bond donors (Lipinski definition) is 0. The van der Waals surface area contributed by atoms with Crippen molar-refractivity contribution < 1.29 is 4.79 Å². The average molecular weight is 382 g/mol. The molecule has 5 heteroatoms. The summed E-state index contributed by atoms with van der Waals surface area (Å²) >= 11 is 3.34. The molecule has 4 nitrogen and oxygen atoms in total. The molecule has 0 bridgehead atoms. The fraction of sp³-hybridized carbons (Fsp3) is 0.158. The number of carbonyl (C=O) groups is 1. The van der Waals surface area contributed by atoms with Crippen molar-refractivity contribution >= 4 is 38.6 Å². The van der Waals surface area contributed by atoms with E-state index in [1.807, 2.05) is 61.5 Å². The van der Waals surface area contributed by atoms with Crippen LogP contribution in [0, 0.1) is 11.8 Å². The molecule has 0 fully saturated rings. The molecule has 2 aromatic heterocycles. The van der Waals surface area contributed by atoms with Crippen LogP contribution in [0.2, 0.25) is 0 Å². The molecule has 0 atom stereocenters. The summed E-state index contributed by atoms with van der Waals surface area (Å²) in [4.78, 5) is 18.4. The zero-order chi connectivity index (χ0) is 17.3. The molecule has 24 heavy (non-hydrogen) atoms. The van der Waals surface area contributed by atoms with Crippen molar-refractivity contribution in [1.82, 2.24) is 9.55 Å².